The minimum absolute atomic E-state index is 0.178. The Morgan fingerprint density at radius 1 is 1.53 bits per heavy atom. The number of hydrogen-bond donors (Lipinski definition) is 1. The normalized spacial score (nSPS) is 18.4. The Morgan fingerprint density at radius 2 is 2.16 bits per heavy atom. The highest BCUT2D eigenvalue weighted by atomic mass is 19.1. The molecular weight excluding hydrogens is 251 g/mol. The molecule has 1 N–H and O–H groups in total. The first-order valence-electron chi connectivity index (χ1n) is 6.19. The quantitative estimate of drug-likeness (QED) is 0.669. The summed E-state index contributed by atoms with van der Waals surface area (Å²) in [5.41, 5.74) is -0.501. The van der Waals surface area contributed by atoms with E-state index >= 15 is 0 Å². The molecule has 0 aromatic heterocycles. The minimum atomic E-state index is -0.817. The van der Waals surface area contributed by atoms with Crippen LogP contribution in [0.25, 0.3) is 0 Å². The van der Waals surface area contributed by atoms with Crippen molar-refractivity contribution in [2.45, 2.75) is 26.0 Å². The van der Waals surface area contributed by atoms with Crippen molar-refractivity contribution < 1.29 is 14.4 Å². The van der Waals surface area contributed by atoms with E-state index in [0.717, 1.165) is 0 Å². The summed E-state index contributed by atoms with van der Waals surface area (Å²) < 4.78 is 13.4. The number of halogens is 1. The molecule has 6 heteroatoms. The van der Waals surface area contributed by atoms with Gasteiger partial charge in [0.2, 0.25) is 5.82 Å². The lowest BCUT2D eigenvalue weighted by molar-refractivity contribution is -0.387. The van der Waals surface area contributed by atoms with Crippen LogP contribution in [0, 0.1) is 21.8 Å². The number of benzene rings is 1. The Labute approximate surface area is 110 Å². The molecule has 2 rings (SSSR count). The van der Waals surface area contributed by atoms with E-state index in [1.165, 1.54) is 12.1 Å². The summed E-state index contributed by atoms with van der Waals surface area (Å²) in [5.74, 6) is -0.639. The first-order valence-corrected chi connectivity index (χ1v) is 6.19. The Balaban J connectivity index is 1.99. The van der Waals surface area contributed by atoms with Gasteiger partial charge in [-0.3, -0.25) is 15.0 Å². The van der Waals surface area contributed by atoms with E-state index in [2.05, 4.69) is 0 Å². The van der Waals surface area contributed by atoms with Gasteiger partial charge in [0.25, 0.3) is 0 Å². The molecular formula is C13H17FN2O3. The van der Waals surface area contributed by atoms with Crippen LogP contribution in [0.2, 0.25) is 0 Å². The molecule has 0 unspecified atom stereocenters. The highest BCUT2D eigenvalue weighted by molar-refractivity contribution is 5.35. The standard InChI is InChI=1S/C13H17FN2O3/c1-9(2)13(17)7-15(8-13)6-10-3-4-12(16(18)19)11(14)5-10/h3-5,9,17H,6-8H2,1-2H3. The van der Waals surface area contributed by atoms with Gasteiger partial charge in [0.1, 0.15) is 0 Å². The summed E-state index contributed by atoms with van der Waals surface area (Å²) in [6.07, 6.45) is 0. The average molecular weight is 268 g/mol. The summed E-state index contributed by atoms with van der Waals surface area (Å²) in [5, 5.41) is 20.6. The average Bonchev–Trinajstić information content (AvgIpc) is 2.26. The van der Waals surface area contributed by atoms with Gasteiger partial charge in [0.15, 0.2) is 0 Å². The van der Waals surface area contributed by atoms with Crippen LogP contribution in [-0.2, 0) is 6.54 Å². The van der Waals surface area contributed by atoms with Crippen LogP contribution in [0.3, 0.4) is 0 Å². The second kappa shape index (κ2) is 4.86. The Morgan fingerprint density at radius 3 is 2.63 bits per heavy atom. The molecule has 1 aromatic carbocycles. The van der Waals surface area contributed by atoms with Crippen molar-refractivity contribution in [1.29, 1.82) is 0 Å². The number of β-amino-alcohol motifs (C(OH)–C–C–N with tert-alkyl or cyclic N) is 1. The van der Waals surface area contributed by atoms with Gasteiger partial charge in [-0.1, -0.05) is 19.9 Å². The van der Waals surface area contributed by atoms with Crippen LogP contribution in [0.4, 0.5) is 10.1 Å². The zero-order valence-electron chi connectivity index (χ0n) is 11.0. The number of rotatable bonds is 4. The molecule has 1 fully saturated rings. The molecule has 0 amide bonds. The zero-order chi connectivity index (χ0) is 14.2. The molecule has 1 aromatic rings. The maximum absolute atomic E-state index is 13.4. The van der Waals surface area contributed by atoms with Crippen molar-refractivity contribution in [3.8, 4) is 0 Å². The Kier molecular flexibility index (Phi) is 3.56. The van der Waals surface area contributed by atoms with Crippen LogP contribution in [0.15, 0.2) is 18.2 Å². The zero-order valence-corrected chi connectivity index (χ0v) is 11.0. The third-order valence-electron chi connectivity index (χ3n) is 3.68. The minimum Gasteiger partial charge on any atom is -0.387 e. The maximum Gasteiger partial charge on any atom is 0.304 e. The smallest absolute Gasteiger partial charge is 0.304 e. The third kappa shape index (κ3) is 2.74. The fourth-order valence-electron chi connectivity index (χ4n) is 2.26. The van der Waals surface area contributed by atoms with Crippen LogP contribution >= 0.6 is 0 Å². The van der Waals surface area contributed by atoms with Gasteiger partial charge in [-0.25, -0.2) is 0 Å². The van der Waals surface area contributed by atoms with Crippen molar-refractivity contribution in [3.63, 3.8) is 0 Å². The van der Waals surface area contributed by atoms with Crippen LogP contribution in [0.5, 0.6) is 0 Å². The summed E-state index contributed by atoms with van der Waals surface area (Å²) in [6.45, 7) is 5.50. The second-order valence-electron chi connectivity index (χ2n) is 5.45. The van der Waals surface area contributed by atoms with Gasteiger partial charge in [-0.05, 0) is 17.5 Å². The molecule has 1 heterocycles. The van der Waals surface area contributed by atoms with Gasteiger partial charge >= 0.3 is 5.69 Å². The molecule has 0 aliphatic carbocycles. The van der Waals surface area contributed by atoms with Gasteiger partial charge in [-0.2, -0.15) is 4.39 Å². The molecule has 0 atom stereocenters. The Bertz CT molecular complexity index is 499. The monoisotopic (exact) mass is 268 g/mol. The maximum atomic E-state index is 13.4. The van der Waals surface area contributed by atoms with E-state index in [1.807, 2.05) is 18.7 Å². The largest absolute Gasteiger partial charge is 0.387 e. The Hall–Kier alpha value is -1.53. The van der Waals surface area contributed by atoms with Gasteiger partial charge in [0.05, 0.1) is 10.5 Å². The lowest BCUT2D eigenvalue weighted by atomic mass is 9.83. The molecule has 1 aliphatic rings. The molecule has 104 valence electrons. The van der Waals surface area contributed by atoms with Crippen molar-refractivity contribution in [1.82, 2.24) is 4.90 Å². The molecule has 0 saturated carbocycles. The van der Waals surface area contributed by atoms with Crippen LogP contribution in [-0.4, -0.2) is 33.6 Å². The number of likely N-dealkylation sites (tertiary alicyclic amines) is 1. The molecule has 0 spiro atoms. The van der Waals surface area contributed by atoms with Crippen molar-refractivity contribution in [3.05, 3.63) is 39.7 Å². The van der Waals surface area contributed by atoms with Crippen molar-refractivity contribution in [2.24, 2.45) is 5.92 Å². The van der Waals surface area contributed by atoms with Gasteiger partial charge in [-0.15, -0.1) is 0 Å². The second-order valence-corrected chi connectivity index (χ2v) is 5.45. The van der Waals surface area contributed by atoms with E-state index < -0.39 is 22.0 Å². The fraction of sp³-hybridized carbons (Fsp3) is 0.538. The third-order valence-corrected chi connectivity index (χ3v) is 3.68. The summed E-state index contributed by atoms with van der Waals surface area (Å²) >= 11 is 0. The predicted molar refractivity (Wildman–Crippen MR) is 68.1 cm³/mol. The van der Waals surface area contributed by atoms with E-state index in [1.54, 1.807) is 6.07 Å². The van der Waals surface area contributed by atoms with Crippen LogP contribution < -0.4 is 0 Å². The van der Waals surface area contributed by atoms with E-state index in [-0.39, 0.29) is 5.92 Å². The van der Waals surface area contributed by atoms with E-state index in [0.29, 0.717) is 25.2 Å². The molecule has 0 bridgehead atoms. The summed E-state index contributed by atoms with van der Waals surface area (Å²) in [4.78, 5) is 11.8. The molecule has 19 heavy (non-hydrogen) atoms. The first-order chi connectivity index (χ1) is 8.82. The highest BCUT2D eigenvalue weighted by Crippen LogP contribution is 2.30. The van der Waals surface area contributed by atoms with E-state index in [9.17, 15) is 19.6 Å². The van der Waals surface area contributed by atoms with E-state index in [4.69, 9.17) is 0 Å². The van der Waals surface area contributed by atoms with Gasteiger partial charge < -0.3 is 5.11 Å². The molecule has 1 saturated heterocycles. The molecule has 5 nitrogen and oxygen atoms in total. The fourth-order valence-corrected chi connectivity index (χ4v) is 2.26. The highest BCUT2D eigenvalue weighted by Gasteiger charge is 2.43. The van der Waals surface area contributed by atoms with Crippen molar-refractivity contribution >= 4 is 5.69 Å². The predicted octanol–water partition coefficient (Wildman–Crippen LogP) is 1.94. The number of aliphatic hydroxyl groups is 1. The lowest BCUT2D eigenvalue weighted by Gasteiger charge is -2.49. The lowest BCUT2D eigenvalue weighted by Crippen LogP contribution is -2.63. The molecule has 0 radical (unpaired) electrons. The number of hydrogen-bond acceptors (Lipinski definition) is 4. The number of nitrogens with zero attached hydrogens (tertiary/aromatic N) is 2. The van der Waals surface area contributed by atoms with Crippen molar-refractivity contribution in [2.75, 3.05) is 13.1 Å². The number of nitro benzene ring substituents is 1. The number of nitro groups is 1. The summed E-state index contributed by atoms with van der Waals surface area (Å²) in [6, 6.07) is 3.91. The van der Waals surface area contributed by atoms with Gasteiger partial charge in [0, 0.05) is 25.7 Å². The molecule has 1 aliphatic heterocycles. The topological polar surface area (TPSA) is 66.6 Å². The van der Waals surface area contributed by atoms with Crippen LogP contribution in [0.1, 0.15) is 19.4 Å². The first kappa shape index (κ1) is 13.9. The SMILES string of the molecule is CC(C)C1(O)CN(Cc2ccc([N+](=O)[O-])c(F)c2)C1. The summed E-state index contributed by atoms with van der Waals surface area (Å²) in [7, 11) is 0.